The fraction of sp³-hybridized carbons (Fsp3) is 0.333. The zero-order valence-electron chi connectivity index (χ0n) is 11.8. The number of halogens is 1. The normalized spacial score (nSPS) is 11.9. The average Bonchev–Trinajstić information content (AvgIpc) is 2.38. The predicted octanol–water partition coefficient (Wildman–Crippen LogP) is -1.44. The molecule has 110 valence electrons. The summed E-state index contributed by atoms with van der Waals surface area (Å²) in [7, 11) is 3.98. The lowest BCUT2D eigenvalue weighted by atomic mass is 10.2. The minimum absolute atomic E-state index is 0. The fourth-order valence-corrected chi connectivity index (χ4v) is 1.93. The summed E-state index contributed by atoms with van der Waals surface area (Å²) in [6, 6.07) is 9.98. The Morgan fingerprint density at radius 1 is 1.35 bits per heavy atom. The lowest BCUT2D eigenvalue weighted by Gasteiger charge is -2.31. The first-order valence-electron chi connectivity index (χ1n) is 6.11. The Kier molecular flexibility index (Phi) is 7.80. The molecule has 0 radical (unpaired) electrons. The summed E-state index contributed by atoms with van der Waals surface area (Å²) < 4.78 is 5.54. The van der Waals surface area contributed by atoms with Crippen LogP contribution in [0.15, 0.2) is 43.0 Å². The third kappa shape index (κ3) is 6.50. The van der Waals surface area contributed by atoms with E-state index in [1.165, 1.54) is 5.56 Å². The van der Waals surface area contributed by atoms with Crippen molar-refractivity contribution in [1.29, 1.82) is 0 Å². The van der Waals surface area contributed by atoms with Gasteiger partial charge in [0.1, 0.15) is 13.1 Å². The van der Waals surface area contributed by atoms with Gasteiger partial charge in [-0.15, -0.1) is 0 Å². The Hall–Kier alpha value is -1.65. The van der Waals surface area contributed by atoms with Gasteiger partial charge in [-0.05, 0) is 0 Å². The first kappa shape index (κ1) is 18.4. The van der Waals surface area contributed by atoms with Crippen molar-refractivity contribution in [2.45, 2.75) is 12.6 Å². The first-order chi connectivity index (χ1) is 8.96. The van der Waals surface area contributed by atoms with E-state index in [0.29, 0.717) is 17.3 Å². The molecule has 0 aliphatic heterocycles. The molecule has 5 heteroatoms. The van der Waals surface area contributed by atoms with Gasteiger partial charge in [0.25, 0.3) is 0 Å². The van der Waals surface area contributed by atoms with Crippen LogP contribution in [0.1, 0.15) is 5.56 Å². The SMILES string of the molecule is C=CC(=O)OC(C=O)C[N+](C)(C)Cc1ccccc1.[Cl-]. The van der Waals surface area contributed by atoms with Crippen LogP contribution in [-0.2, 0) is 20.9 Å². The van der Waals surface area contributed by atoms with Crippen molar-refractivity contribution in [3.05, 3.63) is 48.6 Å². The molecule has 1 aromatic rings. The maximum absolute atomic E-state index is 11.1. The fourth-order valence-electron chi connectivity index (χ4n) is 1.93. The van der Waals surface area contributed by atoms with Crippen molar-refractivity contribution in [2.75, 3.05) is 20.6 Å². The molecule has 0 aliphatic rings. The van der Waals surface area contributed by atoms with Crippen LogP contribution in [0.4, 0.5) is 0 Å². The second-order valence-corrected chi connectivity index (χ2v) is 5.08. The summed E-state index contributed by atoms with van der Waals surface area (Å²) in [6.07, 6.45) is 0.976. The molecule has 0 N–H and O–H groups in total. The molecule has 0 aromatic heterocycles. The van der Waals surface area contributed by atoms with Crippen molar-refractivity contribution >= 4 is 12.3 Å². The van der Waals surface area contributed by atoms with E-state index in [4.69, 9.17) is 4.74 Å². The highest BCUT2D eigenvalue weighted by molar-refractivity contribution is 5.82. The van der Waals surface area contributed by atoms with Gasteiger partial charge in [0.2, 0.25) is 6.10 Å². The van der Waals surface area contributed by atoms with Crippen LogP contribution in [0, 0.1) is 0 Å². The van der Waals surface area contributed by atoms with Crippen LogP contribution in [0.25, 0.3) is 0 Å². The molecule has 0 saturated carbocycles. The van der Waals surface area contributed by atoms with Gasteiger partial charge in [-0.25, -0.2) is 4.79 Å². The summed E-state index contributed by atoms with van der Waals surface area (Å²) >= 11 is 0. The number of esters is 1. The number of rotatable bonds is 7. The number of carbonyl (C=O) groups is 2. The van der Waals surface area contributed by atoms with E-state index in [0.717, 1.165) is 12.6 Å². The van der Waals surface area contributed by atoms with Gasteiger partial charge in [-0.2, -0.15) is 0 Å². The first-order valence-corrected chi connectivity index (χ1v) is 6.11. The quantitative estimate of drug-likeness (QED) is 0.268. The van der Waals surface area contributed by atoms with Gasteiger partial charge >= 0.3 is 5.97 Å². The molecule has 4 nitrogen and oxygen atoms in total. The number of carbonyl (C=O) groups excluding carboxylic acids is 2. The Bertz CT molecular complexity index is 446. The largest absolute Gasteiger partial charge is 1.00 e. The molecule has 1 atom stereocenters. The highest BCUT2D eigenvalue weighted by atomic mass is 35.5. The molecule has 0 spiro atoms. The smallest absolute Gasteiger partial charge is 0.331 e. The van der Waals surface area contributed by atoms with E-state index in [2.05, 4.69) is 6.58 Å². The van der Waals surface area contributed by atoms with Gasteiger partial charge in [-0.3, -0.25) is 4.79 Å². The summed E-state index contributed by atoms with van der Waals surface area (Å²) in [5.74, 6) is -0.572. The highest BCUT2D eigenvalue weighted by Gasteiger charge is 2.24. The number of ether oxygens (including phenoxy) is 1. The van der Waals surface area contributed by atoms with Gasteiger partial charge in [0.05, 0.1) is 14.1 Å². The van der Waals surface area contributed by atoms with E-state index < -0.39 is 12.1 Å². The highest BCUT2D eigenvalue weighted by Crippen LogP contribution is 2.10. The molecule has 0 fully saturated rings. The van der Waals surface area contributed by atoms with Crippen LogP contribution >= 0.6 is 0 Å². The predicted molar refractivity (Wildman–Crippen MR) is 73.3 cm³/mol. The summed E-state index contributed by atoms with van der Waals surface area (Å²) in [6.45, 7) is 4.51. The van der Waals surface area contributed by atoms with Crippen LogP contribution < -0.4 is 12.4 Å². The molecular weight excluding hydrogens is 278 g/mol. The van der Waals surface area contributed by atoms with Crippen molar-refractivity contribution in [3.8, 4) is 0 Å². The molecule has 0 heterocycles. The topological polar surface area (TPSA) is 43.4 Å². The third-order valence-electron chi connectivity index (χ3n) is 2.71. The lowest BCUT2D eigenvalue weighted by molar-refractivity contribution is -0.905. The van der Waals surface area contributed by atoms with Crippen LogP contribution in [0.3, 0.4) is 0 Å². The molecular formula is C15H20ClNO3. The summed E-state index contributed by atoms with van der Waals surface area (Å²) in [4.78, 5) is 22.1. The Morgan fingerprint density at radius 3 is 2.45 bits per heavy atom. The van der Waals surface area contributed by atoms with Gasteiger partial charge < -0.3 is 21.6 Å². The molecule has 20 heavy (non-hydrogen) atoms. The van der Waals surface area contributed by atoms with Crippen LogP contribution in [0.5, 0.6) is 0 Å². The average molecular weight is 298 g/mol. The van der Waals surface area contributed by atoms with Crippen LogP contribution in [-0.4, -0.2) is 43.5 Å². The van der Waals surface area contributed by atoms with E-state index in [1.807, 2.05) is 44.4 Å². The number of nitrogens with zero attached hydrogens (tertiary/aromatic N) is 1. The Labute approximate surface area is 126 Å². The molecule has 0 bridgehead atoms. The third-order valence-corrected chi connectivity index (χ3v) is 2.71. The minimum Gasteiger partial charge on any atom is -1.00 e. The number of aldehydes is 1. The van der Waals surface area contributed by atoms with E-state index >= 15 is 0 Å². The maximum atomic E-state index is 11.1. The number of quaternary nitrogens is 1. The van der Waals surface area contributed by atoms with Crippen LogP contribution in [0.2, 0.25) is 0 Å². The van der Waals surface area contributed by atoms with E-state index in [-0.39, 0.29) is 12.4 Å². The second-order valence-electron chi connectivity index (χ2n) is 5.08. The van der Waals surface area contributed by atoms with Crippen molar-refractivity contribution in [3.63, 3.8) is 0 Å². The summed E-state index contributed by atoms with van der Waals surface area (Å²) in [5, 5.41) is 0. The molecule has 1 aromatic carbocycles. The second kappa shape index (κ2) is 8.51. The van der Waals surface area contributed by atoms with E-state index in [9.17, 15) is 9.59 Å². The molecule has 1 unspecified atom stereocenters. The minimum atomic E-state index is -0.746. The monoisotopic (exact) mass is 297 g/mol. The molecule has 0 saturated heterocycles. The maximum Gasteiger partial charge on any atom is 0.331 e. The van der Waals surface area contributed by atoms with Gasteiger partial charge in [-0.1, -0.05) is 36.9 Å². The standard InChI is InChI=1S/C15H20NO3.ClH/c1-4-15(18)19-14(12-17)11-16(2,3)10-13-8-6-5-7-9-13;/h4-9,12,14H,1,10-11H2,2-3H3;1H/q+1;/p-1. The number of likely N-dealkylation sites (N-methyl/N-ethyl adjacent to an activating group) is 1. The van der Waals surface area contributed by atoms with Crippen molar-refractivity contribution < 1.29 is 31.2 Å². The number of benzene rings is 1. The molecule has 1 rings (SSSR count). The lowest BCUT2D eigenvalue weighted by Crippen LogP contribution is -3.00. The number of hydrogen-bond acceptors (Lipinski definition) is 3. The Morgan fingerprint density at radius 2 is 1.95 bits per heavy atom. The molecule has 0 aliphatic carbocycles. The van der Waals surface area contributed by atoms with Crippen molar-refractivity contribution in [2.24, 2.45) is 0 Å². The molecule has 0 amide bonds. The van der Waals surface area contributed by atoms with E-state index in [1.54, 1.807) is 0 Å². The number of hydrogen-bond donors (Lipinski definition) is 0. The van der Waals surface area contributed by atoms with Crippen molar-refractivity contribution in [1.82, 2.24) is 0 Å². The zero-order valence-corrected chi connectivity index (χ0v) is 12.5. The summed E-state index contributed by atoms with van der Waals surface area (Å²) in [5.41, 5.74) is 1.17. The van der Waals surface area contributed by atoms with Gasteiger partial charge in [0, 0.05) is 11.6 Å². The Balaban J connectivity index is 0.00000361. The zero-order chi connectivity index (χ0) is 14.3. The van der Waals surface area contributed by atoms with Gasteiger partial charge in [0.15, 0.2) is 6.29 Å².